The molecule has 1 aliphatic heterocycles. The molecule has 7 nitrogen and oxygen atoms in total. The lowest BCUT2D eigenvalue weighted by Crippen LogP contribution is -2.36. The van der Waals surface area contributed by atoms with E-state index in [4.69, 9.17) is 0 Å². The maximum atomic E-state index is 10.8. The molecule has 0 spiro atoms. The van der Waals surface area contributed by atoms with Crippen molar-refractivity contribution < 1.29 is 10.0 Å². The normalized spacial score (nSPS) is 17.0. The average Bonchev–Trinajstić information content (AvgIpc) is 3.00. The second-order valence-electron chi connectivity index (χ2n) is 6.06. The number of halogens is 1. The van der Waals surface area contributed by atoms with Gasteiger partial charge in [0.2, 0.25) is 0 Å². The summed E-state index contributed by atoms with van der Waals surface area (Å²) in [6, 6.07) is 4.83. The monoisotopic (exact) mass is 394 g/mol. The zero-order valence-electron chi connectivity index (χ0n) is 13.3. The quantitative estimate of drug-likeness (QED) is 0.636. The number of hydrogen-bond acceptors (Lipinski definition) is 5. The van der Waals surface area contributed by atoms with Crippen molar-refractivity contribution in [1.82, 2.24) is 9.55 Å². The average molecular weight is 395 g/mol. The van der Waals surface area contributed by atoms with E-state index in [1.807, 2.05) is 17.8 Å². The Morgan fingerprint density at radius 3 is 2.67 bits per heavy atom. The highest BCUT2D eigenvalue weighted by Gasteiger charge is 2.29. The zero-order valence-corrected chi connectivity index (χ0v) is 14.9. The maximum Gasteiger partial charge on any atom is 0.270 e. The molecule has 8 heteroatoms. The standard InChI is InChI=1S/C16H19BrN4O3/c1-19-9-6-18-16(19)15(22)11-4-7-20(8-5-11)14-3-2-12(21(23)24)10-13(14)17/h2-3,6,9-11,15,22H,4-5,7-8H2,1H3. The lowest BCUT2D eigenvalue weighted by molar-refractivity contribution is -0.384. The number of nitrogens with zero attached hydrogens (tertiary/aromatic N) is 4. The van der Waals surface area contributed by atoms with Crippen molar-refractivity contribution in [3.8, 4) is 0 Å². The molecule has 0 saturated carbocycles. The van der Waals surface area contributed by atoms with E-state index in [1.54, 1.807) is 12.3 Å². The summed E-state index contributed by atoms with van der Waals surface area (Å²) in [5.41, 5.74) is 1.02. The molecule has 1 saturated heterocycles. The highest BCUT2D eigenvalue weighted by atomic mass is 79.9. The topological polar surface area (TPSA) is 84.4 Å². The Kier molecular flexibility index (Phi) is 4.86. The lowest BCUT2D eigenvalue weighted by Gasteiger charge is -2.35. The van der Waals surface area contributed by atoms with E-state index in [9.17, 15) is 15.2 Å². The van der Waals surface area contributed by atoms with E-state index in [1.165, 1.54) is 12.1 Å². The van der Waals surface area contributed by atoms with E-state index in [0.29, 0.717) is 5.82 Å². The van der Waals surface area contributed by atoms with Crippen molar-refractivity contribution in [2.45, 2.75) is 18.9 Å². The Bertz CT molecular complexity index is 741. The minimum atomic E-state index is -0.563. The summed E-state index contributed by atoms with van der Waals surface area (Å²) in [6.45, 7) is 1.59. The highest BCUT2D eigenvalue weighted by Crippen LogP contribution is 2.35. The molecule has 0 radical (unpaired) electrons. The van der Waals surface area contributed by atoms with Crippen LogP contribution >= 0.6 is 15.9 Å². The number of rotatable bonds is 4. The SMILES string of the molecule is Cn1ccnc1C(O)C1CCN(c2ccc([N+](=O)[O-])cc2Br)CC1. The smallest absolute Gasteiger partial charge is 0.270 e. The number of benzene rings is 1. The van der Waals surface area contributed by atoms with Gasteiger partial charge in [-0.1, -0.05) is 0 Å². The summed E-state index contributed by atoms with van der Waals surface area (Å²) >= 11 is 3.43. The van der Waals surface area contributed by atoms with Crippen molar-refractivity contribution >= 4 is 27.3 Å². The molecule has 0 bridgehead atoms. The van der Waals surface area contributed by atoms with Crippen molar-refractivity contribution in [3.05, 3.63) is 51.0 Å². The maximum absolute atomic E-state index is 10.8. The van der Waals surface area contributed by atoms with Gasteiger partial charge in [-0.15, -0.1) is 0 Å². The molecule has 3 rings (SSSR count). The van der Waals surface area contributed by atoms with E-state index >= 15 is 0 Å². The number of non-ortho nitro benzene ring substituents is 1. The van der Waals surface area contributed by atoms with E-state index in [0.717, 1.165) is 36.1 Å². The Labute approximate surface area is 148 Å². The van der Waals surface area contributed by atoms with E-state index in [2.05, 4.69) is 25.8 Å². The van der Waals surface area contributed by atoms with Gasteiger partial charge in [0, 0.05) is 49.1 Å². The predicted molar refractivity (Wildman–Crippen MR) is 93.9 cm³/mol. The Balaban J connectivity index is 1.67. The molecule has 24 heavy (non-hydrogen) atoms. The van der Waals surface area contributed by atoms with Crippen LogP contribution in [0.1, 0.15) is 24.8 Å². The lowest BCUT2D eigenvalue weighted by atomic mass is 9.90. The fraction of sp³-hybridized carbons (Fsp3) is 0.438. The minimum Gasteiger partial charge on any atom is -0.385 e. The van der Waals surface area contributed by atoms with Gasteiger partial charge in [0.1, 0.15) is 11.9 Å². The number of aromatic nitrogens is 2. The summed E-state index contributed by atoms with van der Waals surface area (Å²) in [6.07, 6.45) is 4.66. The Morgan fingerprint density at radius 2 is 2.12 bits per heavy atom. The van der Waals surface area contributed by atoms with Crippen molar-refractivity contribution in [2.75, 3.05) is 18.0 Å². The van der Waals surface area contributed by atoms with Gasteiger partial charge in [-0.2, -0.15) is 0 Å². The van der Waals surface area contributed by atoms with Crippen LogP contribution in [0.25, 0.3) is 0 Å². The molecule has 0 aliphatic carbocycles. The zero-order chi connectivity index (χ0) is 17.3. The van der Waals surface area contributed by atoms with Gasteiger partial charge in [-0.25, -0.2) is 4.98 Å². The predicted octanol–water partition coefficient (Wildman–Crippen LogP) is 3.04. The number of aliphatic hydroxyl groups excluding tert-OH is 1. The number of nitro groups is 1. The first-order chi connectivity index (χ1) is 11.5. The fourth-order valence-electron chi connectivity index (χ4n) is 3.19. The van der Waals surface area contributed by atoms with Crippen LogP contribution in [0.15, 0.2) is 35.1 Å². The number of aliphatic hydroxyl groups is 1. The number of piperidine rings is 1. The molecule has 1 aromatic heterocycles. The van der Waals surface area contributed by atoms with Crippen LogP contribution in [-0.4, -0.2) is 32.7 Å². The highest BCUT2D eigenvalue weighted by molar-refractivity contribution is 9.10. The Morgan fingerprint density at radius 1 is 1.42 bits per heavy atom. The molecule has 1 aliphatic rings. The molecule has 1 fully saturated rings. The van der Waals surface area contributed by atoms with Gasteiger partial charge < -0.3 is 14.6 Å². The van der Waals surface area contributed by atoms with Crippen molar-refractivity contribution in [1.29, 1.82) is 0 Å². The second kappa shape index (κ2) is 6.90. The van der Waals surface area contributed by atoms with Crippen molar-refractivity contribution in [3.63, 3.8) is 0 Å². The molecular weight excluding hydrogens is 376 g/mol. The minimum absolute atomic E-state index is 0.0747. The number of nitro benzene ring substituents is 1. The third-order valence-electron chi connectivity index (χ3n) is 4.59. The van der Waals surface area contributed by atoms with Gasteiger partial charge in [0.25, 0.3) is 5.69 Å². The third-order valence-corrected chi connectivity index (χ3v) is 5.23. The number of aryl methyl sites for hydroxylation is 1. The Hall–Kier alpha value is -1.93. The van der Waals surface area contributed by atoms with Gasteiger partial charge in [0.05, 0.1) is 10.6 Å². The fourth-order valence-corrected chi connectivity index (χ4v) is 3.81. The van der Waals surface area contributed by atoms with Crippen molar-refractivity contribution in [2.24, 2.45) is 13.0 Å². The summed E-state index contributed by atoms with van der Waals surface area (Å²) in [5.74, 6) is 0.865. The van der Waals surface area contributed by atoms with E-state index < -0.39 is 11.0 Å². The van der Waals surface area contributed by atoms with Crippen LogP contribution in [0.5, 0.6) is 0 Å². The number of imidazole rings is 1. The van der Waals surface area contributed by atoms with Crippen LogP contribution in [0, 0.1) is 16.0 Å². The first kappa shape index (κ1) is 16.9. The number of hydrogen-bond donors (Lipinski definition) is 1. The van der Waals surface area contributed by atoms with Crippen LogP contribution in [-0.2, 0) is 7.05 Å². The van der Waals surface area contributed by atoms with Crippen LogP contribution in [0.3, 0.4) is 0 Å². The first-order valence-electron chi connectivity index (χ1n) is 7.81. The molecule has 1 unspecified atom stereocenters. The summed E-state index contributed by atoms with van der Waals surface area (Å²) in [7, 11) is 1.88. The molecule has 1 atom stereocenters. The molecule has 1 aromatic carbocycles. The largest absolute Gasteiger partial charge is 0.385 e. The second-order valence-corrected chi connectivity index (χ2v) is 6.91. The van der Waals surface area contributed by atoms with Gasteiger partial charge >= 0.3 is 0 Å². The summed E-state index contributed by atoms with van der Waals surface area (Å²) in [4.78, 5) is 16.9. The molecule has 0 amide bonds. The molecular formula is C16H19BrN4O3. The van der Waals surface area contributed by atoms with Crippen LogP contribution in [0.2, 0.25) is 0 Å². The summed E-state index contributed by atoms with van der Waals surface area (Å²) in [5, 5.41) is 21.4. The van der Waals surface area contributed by atoms with Crippen LogP contribution < -0.4 is 4.90 Å². The van der Waals surface area contributed by atoms with Gasteiger partial charge in [-0.3, -0.25) is 10.1 Å². The number of anilines is 1. The van der Waals surface area contributed by atoms with Gasteiger partial charge in [-0.05, 0) is 40.8 Å². The summed E-state index contributed by atoms with van der Waals surface area (Å²) < 4.78 is 2.57. The molecule has 128 valence electrons. The molecule has 1 N–H and O–H groups in total. The molecule has 2 aromatic rings. The third kappa shape index (κ3) is 3.29. The van der Waals surface area contributed by atoms with E-state index in [-0.39, 0.29) is 11.6 Å². The van der Waals surface area contributed by atoms with Crippen LogP contribution in [0.4, 0.5) is 11.4 Å². The molecule has 2 heterocycles. The first-order valence-corrected chi connectivity index (χ1v) is 8.61. The van der Waals surface area contributed by atoms with Gasteiger partial charge in [0.15, 0.2) is 0 Å².